The van der Waals surface area contributed by atoms with Crippen LogP contribution in [0.3, 0.4) is 0 Å². The molecule has 0 bridgehead atoms. The fraction of sp³-hybridized carbons (Fsp3) is 0.250. The zero-order chi connectivity index (χ0) is 20.5. The Balaban J connectivity index is 1.28. The lowest BCUT2D eigenvalue weighted by atomic mass is 10.1. The fourth-order valence-corrected chi connectivity index (χ4v) is 4.38. The van der Waals surface area contributed by atoms with Gasteiger partial charge < -0.3 is 14.9 Å². The summed E-state index contributed by atoms with van der Waals surface area (Å²) in [4.78, 5) is 22.9. The van der Waals surface area contributed by atoms with Crippen molar-refractivity contribution in [3.05, 3.63) is 78.5 Å². The van der Waals surface area contributed by atoms with E-state index in [0.717, 1.165) is 48.6 Å². The second-order valence-corrected chi connectivity index (χ2v) is 7.87. The summed E-state index contributed by atoms with van der Waals surface area (Å²) in [6.07, 6.45) is 7.71. The smallest absolute Gasteiger partial charge is 0.241 e. The first-order valence-corrected chi connectivity index (χ1v) is 10.4. The first-order chi connectivity index (χ1) is 14.7. The highest BCUT2D eigenvalue weighted by Gasteiger charge is 2.31. The van der Waals surface area contributed by atoms with Crippen LogP contribution in [0.25, 0.3) is 16.6 Å². The number of aryl methyl sites for hydroxylation is 1. The summed E-state index contributed by atoms with van der Waals surface area (Å²) < 4.78 is 2.02. The van der Waals surface area contributed by atoms with E-state index in [9.17, 15) is 4.79 Å². The van der Waals surface area contributed by atoms with Crippen molar-refractivity contribution in [3.63, 3.8) is 0 Å². The van der Waals surface area contributed by atoms with E-state index >= 15 is 0 Å². The van der Waals surface area contributed by atoms with E-state index in [1.807, 2.05) is 48.0 Å². The van der Waals surface area contributed by atoms with Gasteiger partial charge in [0.2, 0.25) is 5.91 Å². The van der Waals surface area contributed by atoms with E-state index in [1.54, 1.807) is 6.20 Å². The van der Waals surface area contributed by atoms with Crippen LogP contribution in [0.15, 0.2) is 67.1 Å². The van der Waals surface area contributed by atoms with Gasteiger partial charge in [0.25, 0.3) is 0 Å². The Morgan fingerprint density at radius 1 is 1.20 bits per heavy atom. The molecule has 1 aliphatic heterocycles. The van der Waals surface area contributed by atoms with Crippen LogP contribution in [0.1, 0.15) is 24.2 Å². The number of benzene rings is 2. The monoisotopic (exact) mass is 399 g/mol. The minimum Gasteiger partial charge on any atom is -0.361 e. The molecule has 0 saturated carbocycles. The number of rotatable bonds is 5. The van der Waals surface area contributed by atoms with E-state index in [2.05, 4.69) is 44.6 Å². The molecule has 6 heteroatoms. The van der Waals surface area contributed by atoms with Crippen LogP contribution in [-0.2, 0) is 11.3 Å². The number of carbonyl (C=O) groups excluding carboxylic acids is 1. The number of hydrogen-bond acceptors (Lipinski definition) is 3. The van der Waals surface area contributed by atoms with Gasteiger partial charge in [-0.2, -0.15) is 0 Å². The molecule has 4 aromatic rings. The first kappa shape index (κ1) is 18.6. The Labute approximate surface area is 175 Å². The number of carbonyl (C=O) groups is 1. The van der Waals surface area contributed by atoms with Crippen molar-refractivity contribution in [3.8, 4) is 5.69 Å². The molecule has 1 amide bonds. The van der Waals surface area contributed by atoms with Gasteiger partial charge in [-0.25, -0.2) is 4.98 Å². The van der Waals surface area contributed by atoms with Crippen molar-refractivity contribution >= 4 is 22.5 Å². The highest BCUT2D eigenvalue weighted by atomic mass is 16.2. The lowest BCUT2D eigenvalue weighted by Crippen LogP contribution is -2.39. The summed E-state index contributed by atoms with van der Waals surface area (Å²) in [5, 5.41) is 4.33. The standard InChI is InChI=1S/C24H25N5O/c1-17-25-12-14-29(17)20-10-8-19(9-11-20)27-24(30)23-7-4-13-28(23)16-18-15-26-22-6-3-2-5-21(18)22/h2-3,5-6,8-12,14-15,23,26H,4,7,13,16H2,1H3,(H,27,30)/t23-/m1/s1. The number of imidazole rings is 1. The number of likely N-dealkylation sites (tertiary alicyclic amines) is 1. The molecule has 2 aromatic carbocycles. The van der Waals surface area contributed by atoms with Crippen LogP contribution in [0.2, 0.25) is 0 Å². The summed E-state index contributed by atoms with van der Waals surface area (Å²) >= 11 is 0. The number of nitrogens with one attached hydrogen (secondary N) is 2. The third-order valence-electron chi connectivity index (χ3n) is 5.95. The Hall–Kier alpha value is -3.38. The van der Waals surface area contributed by atoms with Crippen molar-refractivity contribution in [2.75, 3.05) is 11.9 Å². The molecule has 5 rings (SSSR count). The van der Waals surface area contributed by atoms with E-state index in [0.29, 0.717) is 0 Å². The third-order valence-corrected chi connectivity index (χ3v) is 5.95. The Kier molecular flexibility index (Phi) is 4.85. The lowest BCUT2D eigenvalue weighted by Gasteiger charge is -2.23. The minimum absolute atomic E-state index is 0.0684. The Morgan fingerprint density at radius 3 is 2.83 bits per heavy atom. The molecule has 0 spiro atoms. The van der Waals surface area contributed by atoms with Gasteiger partial charge in [0, 0.05) is 47.4 Å². The molecule has 1 aliphatic rings. The van der Waals surface area contributed by atoms with Gasteiger partial charge in [0.1, 0.15) is 5.82 Å². The van der Waals surface area contributed by atoms with Gasteiger partial charge in [-0.15, -0.1) is 0 Å². The van der Waals surface area contributed by atoms with Gasteiger partial charge >= 0.3 is 0 Å². The number of aromatic amines is 1. The summed E-state index contributed by atoms with van der Waals surface area (Å²) in [5.74, 6) is 1.00. The highest BCUT2D eigenvalue weighted by Crippen LogP contribution is 2.25. The number of fused-ring (bicyclic) bond motifs is 1. The largest absolute Gasteiger partial charge is 0.361 e. The summed E-state index contributed by atoms with van der Waals surface area (Å²) in [6.45, 7) is 3.69. The van der Waals surface area contributed by atoms with Crippen LogP contribution < -0.4 is 5.32 Å². The molecule has 3 heterocycles. The molecular formula is C24H25N5O. The Morgan fingerprint density at radius 2 is 2.03 bits per heavy atom. The minimum atomic E-state index is -0.103. The second-order valence-electron chi connectivity index (χ2n) is 7.87. The topological polar surface area (TPSA) is 66.0 Å². The summed E-state index contributed by atoms with van der Waals surface area (Å²) in [7, 11) is 0. The molecular weight excluding hydrogens is 374 g/mol. The molecule has 6 nitrogen and oxygen atoms in total. The van der Waals surface area contributed by atoms with Crippen LogP contribution in [-0.4, -0.2) is 37.9 Å². The highest BCUT2D eigenvalue weighted by molar-refractivity contribution is 5.95. The number of amides is 1. The lowest BCUT2D eigenvalue weighted by molar-refractivity contribution is -0.120. The predicted octanol–water partition coefficient (Wildman–Crippen LogP) is 4.27. The molecule has 0 radical (unpaired) electrons. The van der Waals surface area contributed by atoms with E-state index in [4.69, 9.17) is 0 Å². The molecule has 30 heavy (non-hydrogen) atoms. The molecule has 0 aliphatic carbocycles. The molecule has 1 fully saturated rings. The molecule has 2 aromatic heterocycles. The molecule has 0 unspecified atom stereocenters. The zero-order valence-electron chi connectivity index (χ0n) is 17.0. The number of para-hydroxylation sites is 1. The predicted molar refractivity (Wildman–Crippen MR) is 119 cm³/mol. The van der Waals surface area contributed by atoms with Crippen molar-refractivity contribution in [1.82, 2.24) is 19.4 Å². The number of aromatic nitrogens is 3. The number of hydrogen-bond donors (Lipinski definition) is 2. The van der Waals surface area contributed by atoms with E-state index in [-0.39, 0.29) is 11.9 Å². The van der Waals surface area contributed by atoms with Crippen LogP contribution >= 0.6 is 0 Å². The SMILES string of the molecule is Cc1nccn1-c1ccc(NC(=O)[C@H]2CCCN2Cc2c[nH]c3ccccc23)cc1. The molecule has 1 saturated heterocycles. The maximum atomic E-state index is 13.0. The molecule has 2 N–H and O–H groups in total. The van der Waals surface area contributed by atoms with Crippen LogP contribution in [0.5, 0.6) is 0 Å². The summed E-state index contributed by atoms with van der Waals surface area (Å²) in [5.41, 5.74) is 4.23. The molecule has 1 atom stereocenters. The quantitative estimate of drug-likeness (QED) is 0.527. The average Bonchev–Trinajstić information content (AvgIpc) is 3.50. The normalized spacial score (nSPS) is 16.9. The second kappa shape index (κ2) is 7.80. The maximum Gasteiger partial charge on any atom is 0.241 e. The van der Waals surface area contributed by atoms with E-state index in [1.165, 1.54) is 10.9 Å². The van der Waals surface area contributed by atoms with Gasteiger partial charge in [0.15, 0.2) is 0 Å². The van der Waals surface area contributed by atoms with Gasteiger partial charge in [-0.1, -0.05) is 18.2 Å². The van der Waals surface area contributed by atoms with Crippen molar-refractivity contribution in [2.24, 2.45) is 0 Å². The summed E-state index contributed by atoms with van der Waals surface area (Å²) in [6, 6.07) is 16.1. The van der Waals surface area contributed by atoms with Crippen LogP contribution in [0, 0.1) is 6.92 Å². The third kappa shape index (κ3) is 3.50. The number of H-pyrrole nitrogens is 1. The Bertz CT molecular complexity index is 1170. The zero-order valence-corrected chi connectivity index (χ0v) is 17.0. The number of anilines is 1. The van der Waals surface area contributed by atoms with Crippen molar-refractivity contribution in [1.29, 1.82) is 0 Å². The maximum absolute atomic E-state index is 13.0. The van der Waals surface area contributed by atoms with Crippen molar-refractivity contribution < 1.29 is 4.79 Å². The fourth-order valence-electron chi connectivity index (χ4n) is 4.38. The van der Waals surface area contributed by atoms with Crippen molar-refractivity contribution in [2.45, 2.75) is 32.4 Å². The van der Waals surface area contributed by atoms with E-state index < -0.39 is 0 Å². The van der Waals surface area contributed by atoms with Gasteiger partial charge in [-0.3, -0.25) is 9.69 Å². The number of nitrogens with zero attached hydrogens (tertiary/aromatic N) is 3. The average molecular weight is 399 g/mol. The van der Waals surface area contributed by atoms with Gasteiger partial charge in [0.05, 0.1) is 6.04 Å². The van der Waals surface area contributed by atoms with Gasteiger partial charge in [-0.05, 0) is 62.2 Å². The van der Waals surface area contributed by atoms with Crippen LogP contribution in [0.4, 0.5) is 5.69 Å². The first-order valence-electron chi connectivity index (χ1n) is 10.4. The molecule has 152 valence electrons.